The molecule has 4 nitrogen and oxygen atoms in total. The van der Waals surface area contributed by atoms with Crippen molar-refractivity contribution >= 4 is 5.91 Å². The van der Waals surface area contributed by atoms with E-state index in [1.54, 1.807) is 24.9 Å². The third-order valence-corrected chi connectivity index (χ3v) is 3.61. The number of nitrogens with zero attached hydrogens (tertiary/aromatic N) is 1. The Hall–Kier alpha value is -1.60. The zero-order chi connectivity index (χ0) is 17.5. The number of benzene rings is 1. The molecule has 0 saturated heterocycles. The number of hydrogen-bond acceptors (Lipinski definition) is 3. The highest BCUT2D eigenvalue weighted by molar-refractivity contribution is 5.77. The molecule has 1 N–H and O–H groups in total. The fourth-order valence-electron chi connectivity index (χ4n) is 2.25. The number of carbonyl (C=O) groups excluding carboxylic acids is 1. The predicted octanol–water partition coefficient (Wildman–Crippen LogP) is 2.85. The largest absolute Gasteiger partial charge is 0.416 e. The van der Waals surface area contributed by atoms with E-state index in [0.29, 0.717) is 25.3 Å². The van der Waals surface area contributed by atoms with Crippen LogP contribution in [0.5, 0.6) is 0 Å². The SMILES string of the molecule is CNCCC(=O)N(CCOC)C(C)c1cccc(C(F)(F)F)c1. The molecule has 0 bridgehead atoms. The van der Waals surface area contributed by atoms with E-state index in [9.17, 15) is 18.0 Å². The second-order valence-electron chi connectivity index (χ2n) is 5.23. The van der Waals surface area contributed by atoms with Crippen molar-refractivity contribution in [2.24, 2.45) is 0 Å². The number of hydrogen-bond donors (Lipinski definition) is 1. The van der Waals surface area contributed by atoms with Gasteiger partial charge in [0.2, 0.25) is 5.91 Å². The summed E-state index contributed by atoms with van der Waals surface area (Å²) in [5.41, 5.74) is -0.259. The van der Waals surface area contributed by atoms with Gasteiger partial charge in [-0.05, 0) is 31.7 Å². The Morgan fingerprint density at radius 3 is 2.65 bits per heavy atom. The molecule has 1 atom stereocenters. The average Bonchev–Trinajstić information content (AvgIpc) is 2.52. The van der Waals surface area contributed by atoms with Crippen LogP contribution in [0.3, 0.4) is 0 Å². The first kappa shape index (κ1) is 19.4. The predicted molar refractivity (Wildman–Crippen MR) is 82.0 cm³/mol. The van der Waals surface area contributed by atoms with Gasteiger partial charge in [-0.15, -0.1) is 0 Å². The molecule has 1 amide bonds. The highest BCUT2D eigenvalue weighted by Gasteiger charge is 2.31. The van der Waals surface area contributed by atoms with Crippen molar-refractivity contribution in [3.63, 3.8) is 0 Å². The maximum atomic E-state index is 12.9. The Labute approximate surface area is 134 Å². The minimum atomic E-state index is -4.40. The van der Waals surface area contributed by atoms with Gasteiger partial charge >= 0.3 is 6.18 Å². The molecule has 0 fully saturated rings. The number of halogens is 3. The molecular formula is C16H23F3N2O2. The Bertz CT molecular complexity index is 506. The Morgan fingerprint density at radius 1 is 1.39 bits per heavy atom. The summed E-state index contributed by atoms with van der Waals surface area (Å²) < 4.78 is 43.6. The highest BCUT2D eigenvalue weighted by atomic mass is 19.4. The summed E-state index contributed by atoms with van der Waals surface area (Å²) >= 11 is 0. The molecule has 0 aliphatic carbocycles. The van der Waals surface area contributed by atoms with E-state index < -0.39 is 17.8 Å². The van der Waals surface area contributed by atoms with Crippen molar-refractivity contribution in [1.82, 2.24) is 10.2 Å². The molecule has 7 heteroatoms. The molecule has 1 aromatic rings. The zero-order valence-corrected chi connectivity index (χ0v) is 13.6. The number of ether oxygens (including phenoxy) is 1. The molecule has 0 aliphatic heterocycles. The number of methoxy groups -OCH3 is 1. The molecule has 0 aromatic heterocycles. The fraction of sp³-hybridized carbons (Fsp3) is 0.562. The maximum Gasteiger partial charge on any atom is 0.416 e. The second kappa shape index (κ2) is 8.88. The molecule has 1 aromatic carbocycles. The van der Waals surface area contributed by atoms with Gasteiger partial charge in [0.05, 0.1) is 18.2 Å². The number of rotatable bonds is 8. The molecular weight excluding hydrogens is 309 g/mol. The zero-order valence-electron chi connectivity index (χ0n) is 13.6. The quantitative estimate of drug-likeness (QED) is 0.796. The van der Waals surface area contributed by atoms with Crippen molar-refractivity contribution in [3.8, 4) is 0 Å². The number of alkyl halides is 3. The van der Waals surface area contributed by atoms with Gasteiger partial charge in [-0.1, -0.05) is 12.1 Å². The van der Waals surface area contributed by atoms with Gasteiger partial charge in [0.25, 0.3) is 0 Å². The lowest BCUT2D eigenvalue weighted by Crippen LogP contribution is -2.37. The van der Waals surface area contributed by atoms with Crippen LogP contribution in [0.2, 0.25) is 0 Å². The van der Waals surface area contributed by atoms with E-state index in [1.807, 2.05) is 0 Å². The van der Waals surface area contributed by atoms with E-state index >= 15 is 0 Å². The van der Waals surface area contributed by atoms with Crippen molar-refractivity contribution in [2.45, 2.75) is 25.6 Å². The van der Waals surface area contributed by atoms with E-state index in [4.69, 9.17) is 4.74 Å². The van der Waals surface area contributed by atoms with Gasteiger partial charge in [0, 0.05) is 26.6 Å². The summed E-state index contributed by atoms with van der Waals surface area (Å²) in [4.78, 5) is 13.9. The van der Waals surface area contributed by atoms with Crippen LogP contribution in [0.4, 0.5) is 13.2 Å². The summed E-state index contributed by atoms with van der Waals surface area (Å²) in [6.45, 7) is 2.89. The molecule has 0 heterocycles. The van der Waals surface area contributed by atoms with Gasteiger partial charge < -0.3 is 15.0 Å². The van der Waals surface area contributed by atoms with Crippen LogP contribution in [0.15, 0.2) is 24.3 Å². The number of amides is 1. The molecule has 0 saturated carbocycles. The lowest BCUT2D eigenvalue weighted by Gasteiger charge is -2.30. The normalized spacial score (nSPS) is 13.0. The van der Waals surface area contributed by atoms with Crippen LogP contribution in [-0.4, -0.2) is 44.7 Å². The molecule has 130 valence electrons. The summed E-state index contributed by atoms with van der Waals surface area (Å²) in [6, 6.07) is 4.62. The summed E-state index contributed by atoms with van der Waals surface area (Å²) in [5, 5.41) is 2.89. The molecule has 0 spiro atoms. The van der Waals surface area contributed by atoms with E-state index in [-0.39, 0.29) is 12.3 Å². The molecule has 0 radical (unpaired) electrons. The third-order valence-electron chi connectivity index (χ3n) is 3.61. The lowest BCUT2D eigenvalue weighted by molar-refractivity contribution is -0.137. The fourth-order valence-corrected chi connectivity index (χ4v) is 2.25. The highest BCUT2D eigenvalue weighted by Crippen LogP contribution is 2.31. The van der Waals surface area contributed by atoms with Crippen LogP contribution in [0, 0.1) is 0 Å². The van der Waals surface area contributed by atoms with E-state index in [1.165, 1.54) is 13.2 Å². The molecule has 23 heavy (non-hydrogen) atoms. The van der Waals surface area contributed by atoms with Crippen molar-refractivity contribution in [1.29, 1.82) is 0 Å². The smallest absolute Gasteiger partial charge is 0.383 e. The van der Waals surface area contributed by atoms with Gasteiger partial charge in [-0.2, -0.15) is 13.2 Å². The second-order valence-corrected chi connectivity index (χ2v) is 5.23. The monoisotopic (exact) mass is 332 g/mol. The standard InChI is InChI=1S/C16H23F3N2O2/c1-12(13-5-4-6-14(11-13)16(17,18)19)21(9-10-23-3)15(22)7-8-20-2/h4-6,11-12,20H,7-10H2,1-3H3. The molecule has 1 rings (SSSR count). The third kappa shape index (κ3) is 5.84. The molecule has 0 aliphatic rings. The van der Waals surface area contributed by atoms with Crippen molar-refractivity contribution in [3.05, 3.63) is 35.4 Å². The van der Waals surface area contributed by atoms with Gasteiger partial charge in [0.15, 0.2) is 0 Å². The van der Waals surface area contributed by atoms with Gasteiger partial charge in [0.1, 0.15) is 0 Å². The summed E-state index contributed by atoms with van der Waals surface area (Å²) in [5.74, 6) is -0.124. The van der Waals surface area contributed by atoms with Crippen molar-refractivity contribution < 1.29 is 22.7 Å². The van der Waals surface area contributed by atoms with E-state index in [0.717, 1.165) is 12.1 Å². The lowest BCUT2D eigenvalue weighted by atomic mass is 10.0. The number of carbonyl (C=O) groups is 1. The van der Waals surface area contributed by atoms with E-state index in [2.05, 4.69) is 5.32 Å². The van der Waals surface area contributed by atoms with Crippen molar-refractivity contribution in [2.75, 3.05) is 33.9 Å². The van der Waals surface area contributed by atoms with Crippen LogP contribution in [-0.2, 0) is 15.7 Å². The van der Waals surface area contributed by atoms with Gasteiger partial charge in [-0.3, -0.25) is 4.79 Å². The minimum Gasteiger partial charge on any atom is -0.383 e. The van der Waals surface area contributed by atoms with Crippen LogP contribution >= 0.6 is 0 Å². The molecule has 1 unspecified atom stereocenters. The Balaban J connectivity index is 2.99. The Morgan fingerprint density at radius 2 is 2.09 bits per heavy atom. The maximum absolute atomic E-state index is 12.9. The minimum absolute atomic E-state index is 0.124. The first-order valence-corrected chi connectivity index (χ1v) is 7.41. The topological polar surface area (TPSA) is 41.6 Å². The van der Waals surface area contributed by atoms with Crippen LogP contribution in [0.25, 0.3) is 0 Å². The van der Waals surface area contributed by atoms with Gasteiger partial charge in [-0.25, -0.2) is 0 Å². The number of nitrogens with one attached hydrogen (secondary N) is 1. The summed E-state index contributed by atoms with van der Waals surface area (Å²) in [7, 11) is 3.26. The average molecular weight is 332 g/mol. The van der Waals surface area contributed by atoms with Crippen LogP contribution < -0.4 is 5.32 Å². The van der Waals surface area contributed by atoms with Crippen LogP contribution in [0.1, 0.15) is 30.5 Å². The first-order chi connectivity index (χ1) is 10.8. The first-order valence-electron chi connectivity index (χ1n) is 7.41. The summed E-state index contributed by atoms with van der Waals surface area (Å²) in [6.07, 6.45) is -4.12. The Kier molecular flexibility index (Phi) is 7.51.